The first-order valence-electron chi connectivity index (χ1n) is 10.5. The second-order valence-corrected chi connectivity index (χ2v) is 7.65. The summed E-state index contributed by atoms with van der Waals surface area (Å²) >= 11 is 0. The van der Waals surface area contributed by atoms with Crippen molar-refractivity contribution in [2.75, 3.05) is 14.2 Å². The molecule has 2 aromatic heterocycles. The summed E-state index contributed by atoms with van der Waals surface area (Å²) in [7, 11) is 3.37. The Hall–Kier alpha value is -4.18. The normalized spacial score (nSPS) is 10.8. The maximum atomic E-state index is 5.36. The fourth-order valence-electron chi connectivity index (χ4n) is 3.91. The molecule has 0 saturated carbocycles. The largest absolute Gasteiger partial charge is 0.497 e. The van der Waals surface area contributed by atoms with Gasteiger partial charge in [0.05, 0.1) is 14.2 Å². The Bertz CT molecular complexity index is 1260. The molecule has 5 aromatic rings. The Balaban J connectivity index is 1.43. The van der Waals surface area contributed by atoms with E-state index in [1.807, 2.05) is 48.8 Å². The predicted molar refractivity (Wildman–Crippen MR) is 130 cm³/mol. The van der Waals surface area contributed by atoms with Crippen molar-refractivity contribution in [1.82, 2.24) is 9.97 Å². The Morgan fingerprint density at radius 1 is 0.469 bits per heavy atom. The number of methoxy groups -OCH3 is 2. The number of rotatable bonds is 6. The first-order valence-corrected chi connectivity index (χ1v) is 10.5. The topological polar surface area (TPSA) is 50.0 Å². The van der Waals surface area contributed by atoms with Gasteiger partial charge in [0.25, 0.3) is 0 Å². The summed E-state index contributed by atoms with van der Waals surface area (Å²) in [5.74, 6) is 1.69. The molecule has 0 aliphatic carbocycles. The average molecular weight is 421 g/mol. The van der Waals surface area contributed by atoms with E-state index in [0.29, 0.717) is 0 Å². The highest BCUT2D eigenvalue weighted by molar-refractivity contribution is 5.78. The number of aromatic nitrogens is 2. The Morgan fingerprint density at radius 2 is 0.906 bits per heavy atom. The van der Waals surface area contributed by atoms with Gasteiger partial charge in [0.2, 0.25) is 0 Å². The third-order valence-corrected chi connectivity index (χ3v) is 5.66. The Kier molecular flexibility index (Phi) is 5.26. The molecular formula is C28H24N2O2. The number of ether oxygens (including phenoxy) is 2. The Labute approximate surface area is 187 Å². The Morgan fingerprint density at radius 3 is 1.38 bits per heavy atom. The van der Waals surface area contributed by atoms with Crippen LogP contribution in [0.15, 0.2) is 97.3 Å². The molecule has 0 aliphatic heterocycles. The summed E-state index contributed by atoms with van der Waals surface area (Å²) in [6.45, 7) is 0. The van der Waals surface area contributed by atoms with E-state index >= 15 is 0 Å². The van der Waals surface area contributed by atoms with Crippen LogP contribution < -0.4 is 9.47 Å². The lowest BCUT2D eigenvalue weighted by atomic mass is 10.0. The second kappa shape index (κ2) is 8.52. The highest BCUT2D eigenvalue weighted by atomic mass is 16.5. The van der Waals surface area contributed by atoms with Crippen LogP contribution in [-0.4, -0.2) is 24.2 Å². The van der Waals surface area contributed by atoms with Gasteiger partial charge in [0.15, 0.2) is 0 Å². The van der Waals surface area contributed by atoms with Crippen LogP contribution >= 0.6 is 0 Å². The molecule has 32 heavy (non-hydrogen) atoms. The molecule has 0 aliphatic rings. The van der Waals surface area contributed by atoms with Gasteiger partial charge in [-0.15, -0.1) is 0 Å². The van der Waals surface area contributed by atoms with E-state index < -0.39 is 0 Å². The number of aromatic amines is 2. The monoisotopic (exact) mass is 420 g/mol. The zero-order valence-electron chi connectivity index (χ0n) is 18.1. The van der Waals surface area contributed by atoms with Crippen LogP contribution in [0, 0.1) is 0 Å². The fraction of sp³-hybridized carbons (Fsp3) is 0.0714. The zero-order valence-corrected chi connectivity index (χ0v) is 18.1. The molecule has 0 bridgehead atoms. The third-order valence-electron chi connectivity index (χ3n) is 5.66. The molecular weight excluding hydrogens is 396 g/mol. The summed E-state index contributed by atoms with van der Waals surface area (Å²) < 4.78 is 10.7. The summed E-state index contributed by atoms with van der Waals surface area (Å²) in [5.41, 5.74) is 8.94. The number of hydrogen-bond acceptors (Lipinski definition) is 2. The van der Waals surface area contributed by atoms with Crippen LogP contribution in [0.1, 0.15) is 0 Å². The number of benzene rings is 3. The lowest BCUT2D eigenvalue weighted by molar-refractivity contribution is 0.415. The fourth-order valence-corrected chi connectivity index (χ4v) is 3.91. The van der Waals surface area contributed by atoms with E-state index in [9.17, 15) is 0 Å². The molecule has 0 atom stereocenters. The van der Waals surface area contributed by atoms with Gasteiger partial charge in [0.1, 0.15) is 11.5 Å². The van der Waals surface area contributed by atoms with Crippen LogP contribution in [0.5, 0.6) is 11.5 Å². The van der Waals surface area contributed by atoms with E-state index in [-0.39, 0.29) is 0 Å². The number of H-pyrrole nitrogens is 2. The minimum Gasteiger partial charge on any atom is -0.497 e. The standard InChI is InChI=1S/C28H24N2O2/c1-31-25-10-4-8-21(13-25)27-15-23(17-29-27)19-6-3-7-20(12-19)24-16-28(30-18-24)22-9-5-11-26(14-22)32-2/h3-18,29-30H,1-2H3. The van der Waals surface area contributed by atoms with Gasteiger partial charge in [-0.2, -0.15) is 0 Å². The molecule has 0 spiro atoms. The molecule has 5 rings (SSSR count). The van der Waals surface area contributed by atoms with Gasteiger partial charge in [-0.25, -0.2) is 0 Å². The van der Waals surface area contributed by atoms with Crippen molar-refractivity contribution in [3.63, 3.8) is 0 Å². The number of nitrogens with one attached hydrogen (secondary N) is 2. The van der Waals surface area contributed by atoms with Gasteiger partial charge in [-0.05, 0) is 64.7 Å². The van der Waals surface area contributed by atoms with Gasteiger partial charge in [-0.1, -0.05) is 42.5 Å². The predicted octanol–water partition coefficient (Wildman–Crippen LogP) is 7.03. The van der Waals surface area contributed by atoms with E-state index in [1.54, 1.807) is 14.2 Å². The molecule has 158 valence electrons. The quantitative estimate of drug-likeness (QED) is 0.310. The van der Waals surface area contributed by atoms with Gasteiger partial charge in [-0.3, -0.25) is 0 Å². The van der Waals surface area contributed by atoms with Crippen molar-refractivity contribution in [1.29, 1.82) is 0 Å². The maximum absolute atomic E-state index is 5.36. The minimum absolute atomic E-state index is 0.847. The average Bonchev–Trinajstić information content (AvgIpc) is 3.55. The van der Waals surface area contributed by atoms with Crippen molar-refractivity contribution in [2.45, 2.75) is 0 Å². The second-order valence-electron chi connectivity index (χ2n) is 7.65. The third kappa shape index (κ3) is 3.91. The molecule has 2 heterocycles. The molecule has 3 aromatic carbocycles. The molecule has 2 N–H and O–H groups in total. The van der Waals surface area contributed by atoms with Gasteiger partial charge >= 0.3 is 0 Å². The van der Waals surface area contributed by atoms with Crippen molar-refractivity contribution in [3.8, 4) is 56.3 Å². The van der Waals surface area contributed by atoms with E-state index in [0.717, 1.165) is 56.3 Å². The first-order chi connectivity index (χ1) is 15.7. The molecule has 0 amide bonds. The first kappa shape index (κ1) is 19.8. The summed E-state index contributed by atoms with van der Waals surface area (Å²) in [6, 6.07) is 29.1. The molecule has 0 saturated heterocycles. The summed E-state index contributed by atoms with van der Waals surface area (Å²) in [6.07, 6.45) is 4.10. The highest BCUT2D eigenvalue weighted by Gasteiger charge is 2.09. The van der Waals surface area contributed by atoms with Crippen molar-refractivity contribution in [3.05, 3.63) is 97.3 Å². The van der Waals surface area contributed by atoms with Crippen LogP contribution in [0.4, 0.5) is 0 Å². The lowest BCUT2D eigenvalue weighted by Gasteiger charge is -2.03. The molecule has 0 unspecified atom stereocenters. The zero-order chi connectivity index (χ0) is 21.9. The number of hydrogen-bond donors (Lipinski definition) is 2. The molecule has 4 heteroatoms. The van der Waals surface area contributed by atoms with Crippen molar-refractivity contribution < 1.29 is 9.47 Å². The summed E-state index contributed by atoms with van der Waals surface area (Å²) in [4.78, 5) is 6.79. The highest BCUT2D eigenvalue weighted by Crippen LogP contribution is 2.32. The van der Waals surface area contributed by atoms with Crippen LogP contribution in [0.3, 0.4) is 0 Å². The van der Waals surface area contributed by atoms with Crippen LogP contribution in [-0.2, 0) is 0 Å². The lowest BCUT2D eigenvalue weighted by Crippen LogP contribution is -1.83. The smallest absolute Gasteiger partial charge is 0.119 e. The van der Waals surface area contributed by atoms with Crippen molar-refractivity contribution in [2.24, 2.45) is 0 Å². The molecule has 4 nitrogen and oxygen atoms in total. The molecule has 0 radical (unpaired) electrons. The molecule has 0 fully saturated rings. The van der Waals surface area contributed by atoms with E-state index in [4.69, 9.17) is 9.47 Å². The van der Waals surface area contributed by atoms with E-state index in [1.165, 1.54) is 0 Å². The van der Waals surface area contributed by atoms with Gasteiger partial charge in [0, 0.05) is 34.9 Å². The van der Waals surface area contributed by atoms with E-state index in [2.05, 4.69) is 58.5 Å². The van der Waals surface area contributed by atoms with Crippen LogP contribution in [0.2, 0.25) is 0 Å². The SMILES string of the molecule is COc1cccc(-c2cc(-c3cccc(-c4c[nH]c(-c5cccc(OC)c5)c4)c3)c[nH]2)c1. The summed E-state index contributed by atoms with van der Waals surface area (Å²) in [5, 5.41) is 0. The van der Waals surface area contributed by atoms with Crippen molar-refractivity contribution >= 4 is 0 Å². The van der Waals surface area contributed by atoms with Gasteiger partial charge < -0.3 is 19.4 Å². The van der Waals surface area contributed by atoms with Crippen LogP contribution in [0.25, 0.3) is 44.8 Å². The maximum Gasteiger partial charge on any atom is 0.119 e. The minimum atomic E-state index is 0.847.